The van der Waals surface area contributed by atoms with E-state index in [9.17, 15) is 0 Å². The topological polar surface area (TPSA) is 49.8 Å². The average Bonchev–Trinajstić information content (AvgIpc) is 1.85. The highest BCUT2D eigenvalue weighted by atomic mass is 14.5. The molecule has 10 heavy (non-hydrogen) atoms. The number of nitrogen functional groups attached to an aromatic ring is 1. The minimum absolute atomic E-state index is 0.498. The van der Waals surface area contributed by atoms with Crippen LogP contribution in [0.5, 0.6) is 0 Å². The Balaban J connectivity index is 3.22. The molecule has 0 aromatic heterocycles. The predicted octanol–water partition coefficient (Wildman–Crippen LogP) is -0.0657. The lowest BCUT2D eigenvalue weighted by Gasteiger charge is -1.95. The SMILES string of the molecule is [B]c1cc(N)cc(C#N)c1. The van der Waals surface area contributed by atoms with Crippen LogP contribution in [0.3, 0.4) is 0 Å². The van der Waals surface area contributed by atoms with Crippen molar-refractivity contribution in [3.8, 4) is 6.07 Å². The van der Waals surface area contributed by atoms with Gasteiger partial charge < -0.3 is 5.73 Å². The third kappa shape index (κ3) is 1.29. The van der Waals surface area contributed by atoms with E-state index in [1.807, 2.05) is 6.07 Å². The van der Waals surface area contributed by atoms with Crippen molar-refractivity contribution in [3.63, 3.8) is 0 Å². The van der Waals surface area contributed by atoms with E-state index in [0.717, 1.165) is 0 Å². The van der Waals surface area contributed by atoms with Crippen molar-refractivity contribution >= 4 is 19.0 Å². The van der Waals surface area contributed by atoms with E-state index >= 15 is 0 Å². The van der Waals surface area contributed by atoms with Crippen LogP contribution in [-0.4, -0.2) is 7.85 Å². The van der Waals surface area contributed by atoms with Crippen molar-refractivity contribution < 1.29 is 0 Å². The highest BCUT2D eigenvalue weighted by Gasteiger charge is 1.91. The quantitative estimate of drug-likeness (QED) is 0.392. The molecule has 0 fully saturated rings. The Bertz CT molecular complexity index is 268. The van der Waals surface area contributed by atoms with Gasteiger partial charge >= 0.3 is 0 Å². The number of rotatable bonds is 0. The van der Waals surface area contributed by atoms with Crippen LogP contribution in [-0.2, 0) is 0 Å². The van der Waals surface area contributed by atoms with E-state index in [1.165, 1.54) is 0 Å². The van der Waals surface area contributed by atoms with E-state index in [2.05, 4.69) is 0 Å². The van der Waals surface area contributed by atoms with Crippen LogP contribution in [0, 0.1) is 11.3 Å². The molecule has 0 aliphatic heterocycles. The van der Waals surface area contributed by atoms with Gasteiger partial charge in [0.1, 0.15) is 7.85 Å². The molecular formula is C7H5BN2. The minimum Gasteiger partial charge on any atom is -0.399 e. The van der Waals surface area contributed by atoms with Crippen molar-refractivity contribution in [1.82, 2.24) is 0 Å². The van der Waals surface area contributed by atoms with Gasteiger partial charge in [0.25, 0.3) is 0 Å². The Morgan fingerprint density at radius 3 is 2.60 bits per heavy atom. The molecule has 0 saturated carbocycles. The fourth-order valence-corrected chi connectivity index (χ4v) is 0.741. The van der Waals surface area contributed by atoms with E-state index in [-0.39, 0.29) is 0 Å². The second-order valence-electron chi connectivity index (χ2n) is 2.00. The first-order chi connectivity index (χ1) is 4.72. The van der Waals surface area contributed by atoms with Crippen LogP contribution in [0.2, 0.25) is 0 Å². The van der Waals surface area contributed by atoms with Crippen LogP contribution < -0.4 is 11.2 Å². The van der Waals surface area contributed by atoms with Gasteiger partial charge in [-0.3, -0.25) is 0 Å². The number of nitrogens with two attached hydrogens (primary N) is 1. The lowest BCUT2D eigenvalue weighted by atomic mass is 9.94. The summed E-state index contributed by atoms with van der Waals surface area (Å²) in [5.74, 6) is 0. The Kier molecular flexibility index (Phi) is 1.64. The average molecular weight is 128 g/mol. The minimum atomic E-state index is 0.498. The van der Waals surface area contributed by atoms with Gasteiger partial charge in [-0.2, -0.15) is 5.26 Å². The maximum absolute atomic E-state index is 8.43. The molecule has 0 bridgehead atoms. The first kappa shape index (κ1) is 6.69. The van der Waals surface area contributed by atoms with Gasteiger partial charge in [-0.25, -0.2) is 0 Å². The molecule has 1 rings (SSSR count). The molecule has 0 amide bonds. The predicted molar refractivity (Wildman–Crippen MR) is 41.0 cm³/mol. The van der Waals surface area contributed by atoms with Crippen LogP contribution in [0.1, 0.15) is 5.56 Å². The van der Waals surface area contributed by atoms with Gasteiger partial charge in [0, 0.05) is 5.69 Å². The number of hydrogen-bond donors (Lipinski definition) is 1. The van der Waals surface area contributed by atoms with Gasteiger partial charge in [-0.05, 0) is 12.1 Å². The molecule has 46 valence electrons. The standard InChI is InChI=1S/C7H5BN2/c8-6-1-5(4-9)2-7(10)3-6/h1-3H,10H2. The second-order valence-corrected chi connectivity index (χ2v) is 2.00. The van der Waals surface area contributed by atoms with Crippen LogP contribution in [0.25, 0.3) is 0 Å². The van der Waals surface area contributed by atoms with Crippen molar-refractivity contribution in [1.29, 1.82) is 5.26 Å². The van der Waals surface area contributed by atoms with E-state index < -0.39 is 0 Å². The molecule has 0 heterocycles. The smallest absolute Gasteiger partial charge is 0.113 e. The zero-order chi connectivity index (χ0) is 7.56. The fourth-order valence-electron chi connectivity index (χ4n) is 0.741. The maximum atomic E-state index is 8.43. The summed E-state index contributed by atoms with van der Waals surface area (Å²) in [5, 5.41) is 8.43. The molecule has 2 radical (unpaired) electrons. The third-order valence-electron chi connectivity index (χ3n) is 1.11. The molecule has 1 aromatic carbocycles. The van der Waals surface area contributed by atoms with E-state index in [4.69, 9.17) is 18.8 Å². The number of nitrogens with zero attached hydrogens (tertiary/aromatic N) is 1. The molecule has 2 N–H and O–H groups in total. The van der Waals surface area contributed by atoms with E-state index in [0.29, 0.717) is 16.7 Å². The largest absolute Gasteiger partial charge is 0.399 e. The number of nitriles is 1. The van der Waals surface area contributed by atoms with Gasteiger partial charge in [-0.15, -0.1) is 0 Å². The molecule has 0 unspecified atom stereocenters. The number of benzene rings is 1. The van der Waals surface area contributed by atoms with Gasteiger partial charge in [-0.1, -0.05) is 11.5 Å². The molecule has 0 spiro atoms. The maximum Gasteiger partial charge on any atom is 0.113 e. The molecule has 0 atom stereocenters. The summed E-state index contributed by atoms with van der Waals surface area (Å²) in [5.41, 5.74) is 6.95. The first-order valence-corrected chi connectivity index (χ1v) is 2.78. The Morgan fingerprint density at radius 1 is 1.40 bits per heavy atom. The number of hydrogen-bond acceptors (Lipinski definition) is 2. The summed E-state index contributed by atoms with van der Waals surface area (Å²) in [6.07, 6.45) is 0. The second kappa shape index (κ2) is 2.44. The highest BCUT2D eigenvalue weighted by Crippen LogP contribution is 2.01. The summed E-state index contributed by atoms with van der Waals surface area (Å²) in [7, 11) is 5.40. The van der Waals surface area contributed by atoms with E-state index in [1.54, 1.807) is 18.2 Å². The van der Waals surface area contributed by atoms with Crippen LogP contribution in [0.4, 0.5) is 5.69 Å². The summed E-state index contributed by atoms with van der Waals surface area (Å²) in [6.45, 7) is 0. The van der Waals surface area contributed by atoms with Crippen LogP contribution >= 0.6 is 0 Å². The molecule has 0 aliphatic rings. The Labute approximate surface area is 60.7 Å². The monoisotopic (exact) mass is 128 g/mol. The summed E-state index contributed by atoms with van der Waals surface area (Å²) >= 11 is 0. The number of anilines is 1. The molecule has 0 saturated heterocycles. The van der Waals surface area contributed by atoms with Crippen LogP contribution in [0.15, 0.2) is 18.2 Å². The molecule has 2 nitrogen and oxygen atoms in total. The Morgan fingerprint density at radius 2 is 2.10 bits per heavy atom. The molecule has 0 aliphatic carbocycles. The van der Waals surface area contributed by atoms with Crippen molar-refractivity contribution in [3.05, 3.63) is 23.8 Å². The zero-order valence-electron chi connectivity index (χ0n) is 5.33. The summed E-state index contributed by atoms with van der Waals surface area (Å²) in [6, 6.07) is 6.72. The van der Waals surface area contributed by atoms with Crippen molar-refractivity contribution in [2.24, 2.45) is 0 Å². The molecular weight excluding hydrogens is 123 g/mol. The van der Waals surface area contributed by atoms with Crippen molar-refractivity contribution in [2.75, 3.05) is 5.73 Å². The summed E-state index contributed by atoms with van der Waals surface area (Å²) in [4.78, 5) is 0. The normalized spacial score (nSPS) is 8.70. The lowest BCUT2D eigenvalue weighted by molar-refractivity contribution is 1.49. The summed E-state index contributed by atoms with van der Waals surface area (Å²) < 4.78 is 0. The van der Waals surface area contributed by atoms with Crippen molar-refractivity contribution in [2.45, 2.75) is 0 Å². The Hall–Kier alpha value is -1.43. The van der Waals surface area contributed by atoms with Gasteiger partial charge in [0.2, 0.25) is 0 Å². The van der Waals surface area contributed by atoms with Gasteiger partial charge in [0.15, 0.2) is 0 Å². The zero-order valence-corrected chi connectivity index (χ0v) is 5.33. The third-order valence-corrected chi connectivity index (χ3v) is 1.11. The fraction of sp³-hybridized carbons (Fsp3) is 0. The highest BCUT2D eigenvalue weighted by molar-refractivity contribution is 6.32. The molecule has 1 aromatic rings. The van der Waals surface area contributed by atoms with Gasteiger partial charge in [0.05, 0.1) is 11.6 Å². The first-order valence-electron chi connectivity index (χ1n) is 2.78. The lowest BCUT2D eigenvalue weighted by Crippen LogP contribution is -2.04. The molecule has 3 heteroatoms.